The van der Waals surface area contributed by atoms with Gasteiger partial charge in [-0.1, -0.05) is 64.7 Å². The molecule has 0 aliphatic rings. The molecule has 0 unspecified atom stereocenters. The molecule has 0 aliphatic carbocycles. The van der Waals surface area contributed by atoms with Gasteiger partial charge in [0.15, 0.2) is 0 Å². The molecule has 0 spiro atoms. The van der Waals surface area contributed by atoms with Crippen molar-refractivity contribution in [2.75, 3.05) is 6.61 Å². The molecule has 3 N–H and O–H groups in total. The molecule has 25 heavy (non-hydrogen) atoms. The largest absolute Gasteiger partial charge is 1.00 e. The summed E-state index contributed by atoms with van der Waals surface area (Å²) in [5, 5.41) is 21.5. The fourth-order valence-corrected chi connectivity index (χ4v) is 2.07. The van der Waals surface area contributed by atoms with Gasteiger partial charge in [-0.3, -0.25) is 4.18 Å². The standard InChI is InChI=1S/C12H26O4S.BH3O3.2ClH.Na.Ni/c1-2-3-4-5-6-7-8-9-10-11-12-16-17(13,14)15;2-1(3)4;;;;/h2-12H2,1H3,(H,13,14,15);2-4H;2*1H;;/q;;;;+1;+2/p-3. The van der Waals surface area contributed by atoms with E-state index in [1.807, 2.05) is 0 Å². The first kappa shape index (κ1) is 34.4. The van der Waals surface area contributed by atoms with Gasteiger partial charge in [0.25, 0.3) is 0 Å². The maximum absolute atomic E-state index is 10.1. The molecule has 0 rings (SSSR count). The third kappa shape index (κ3) is 58.5. The summed E-state index contributed by atoms with van der Waals surface area (Å²) < 4.78 is 34.5. The summed E-state index contributed by atoms with van der Waals surface area (Å²) in [7, 11) is 2.75. The SMILES string of the molecule is CCCCCCCCCCCCOS(=O)(=O)[O-].OB(O)O.[Cl][Ni][Cl].[Na+]. The third-order valence-corrected chi connectivity index (χ3v) is 3.18. The van der Waals surface area contributed by atoms with Gasteiger partial charge >= 0.3 is 69.9 Å². The van der Waals surface area contributed by atoms with Crippen LogP contribution >= 0.6 is 20.4 Å². The number of halogens is 2. The summed E-state index contributed by atoms with van der Waals surface area (Å²) >= 11 is 0.569. The van der Waals surface area contributed by atoms with Crippen LogP contribution in [0, 0.1) is 0 Å². The van der Waals surface area contributed by atoms with E-state index in [2.05, 4.69) is 11.1 Å². The van der Waals surface area contributed by atoms with Crippen molar-refractivity contribution in [2.45, 2.75) is 71.1 Å². The smallest absolute Gasteiger partial charge is 1.00 e. The van der Waals surface area contributed by atoms with E-state index in [1.165, 1.54) is 44.9 Å². The van der Waals surface area contributed by atoms with Gasteiger partial charge in [-0.05, 0) is 6.42 Å². The molecule has 0 heterocycles. The van der Waals surface area contributed by atoms with Gasteiger partial charge in [0.05, 0.1) is 6.61 Å². The van der Waals surface area contributed by atoms with Crippen molar-refractivity contribution in [1.82, 2.24) is 0 Å². The molecular formula is C12H28BCl2NaNiO7S. The van der Waals surface area contributed by atoms with Crippen LogP contribution in [0.25, 0.3) is 0 Å². The van der Waals surface area contributed by atoms with Crippen molar-refractivity contribution >= 4 is 38.1 Å². The molecule has 7 nitrogen and oxygen atoms in total. The van der Waals surface area contributed by atoms with Crippen LogP contribution < -0.4 is 29.6 Å². The fraction of sp³-hybridized carbons (Fsp3) is 1.00. The number of hydrogen-bond acceptors (Lipinski definition) is 7. The molecule has 0 aromatic rings. The van der Waals surface area contributed by atoms with E-state index in [0.717, 1.165) is 12.8 Å². The van der Waals surface area contributed by atoms with Crippen molar-refractivity contribution in [1.29, 1.82) is 0 Å². The van der Waals surface area contributed by atoms with Crippen LogP contribution in [-0.4, -0.2) is 42.0 Å². The van der Waals surface area contributed by atoms with Crippen LogP contribution in [0.5, 0.6) is 0 Å². The minimum absolute atomic E-state index is 0. The second-order valence-corrected chi connectivity index (χ2v) is 7.49. The van der Waals surface area contributed by atoms with E-state index >= 15 is 0 Å². The Kier molecular flexibility index (Phi) is 38.7. The zero-order chi connectivity index (χ0) is 19.3. The van der Waals surface area contributed by atoms with E-state index in [-0.39, 0.29) is 36.2 Å². The molecule has 0 aromatic carbocycles. The summed E-state index contributed by atoms with van der Waals surface area (Å²) in [6.07, 6.45) is 11.7. The van der Waals surface area contributed by atoms with Gasteiger partial charge < -0.3 is 19.6 Å². The summed E-state index contributed by atoms with van der Waals surface area (Å²) in [4.78, 5) is 0. The minimum Gasteiger partial charge on any atom is 1.00 e. The average Bonchev–Trinajstić information content (AvgIpc) is 2.44. The molecule has 0 saturated carbocycles. The number of hydrogen-bond donors (Lipinski definition) is 3. The Bertz CT molecular complexity index is 328. The van der Waals surface area contributed by atoms with Crippen LogP contribution in [0.3, 0.4) is 0 Å². The monoisotopic (exact) mass is 478 g/mol. The molecular weight excluding hydrogens is 452 g/mol. The molecule has 0 atom stereocenters. The molecule has 152 valence electrons. The number of unbranched alkanes of at least 4 members (excludes halogenated alkanes) is 9. The van der Waals surface area contributed by atoms with E-state index in [0.29, 0.717) is 19.1 Å². The van der Waals surface area contributed by atoms with Crippen LogP contribution in [0.2, 0.25) is 0 Å². The van der Waals surface area contributed by atoms with Crippen molar-refractivity contribution < 1.29 is 74.4 Å². The molecule has 13 heteroatoms. The first-order valence-corrected chi connectivity index (χ1v) is 11.7. The summed E-state index contributed by atoms with van der Waals surface area (Å²) in [5.41, 5.74) is 0. The molecule has 0 aromatic heterocycles. The Morgan fingerprint density at radius 3 is 1.48 bits per heavy atom. The van der Waals surface area contributed by atoms with E-state index in [9.17, 15) is 13.0 Å². The van der Waals surface area contributed by atoms with Gasteiger partial charge in [0.1, 0.15) is 0 Å². The Labute approximate surface area is 189 Å². The molecule has 0 radical (unpaired) electrons. The third-order valence-electron chi connectivity index (χ3n) is 2.73. The van der Waals surface area contributed by atoms with Gasteiger partial charge in [-0.25, -0.2) is 8.42 Å². The summed E-state index contributed by atoms with van der Waals surface area (Å²) in [6.45, 7) is 2.24. The predicted molar refractivity (Wildman–Crippen MR) is 91.6 cm³/mol. The Balaban J connectivity index is -0.000000235. The minimum atomic E-state index is -4.48. The first-order chi connectivity index (χ1) is 11.2. The maximum atomic E-state index is 10.1. The Hall–Kier alpha value is 1.89. The zero-order valence-corrected chi connectivity index (χ0v) is 20.1. The van der Waals surface area contributed by atoms with Crippen molar-refractivity contribution in [2.24, 2.45) is 0 Å². The number of rotatable bonds is 12. The van der Waals surface area contributed by atoms with Gasteiger partial charge in [0.2, 0.25) is 10.4 Å². The normalized spacial score (nSPS) is 10.0. The quantitative estimate of drug-likeness (QED) is 0.152. The van der Waals surface area contributed by atoms with Crippen LogP contribution in [0.15, 0.2) is 0 Å². The molecule has 0 bridgehead atoms. The van der Waals surface area contributed by atoms with E-state index in [4.69, 9.17) is 35.5 Å². The van der Waals surface area contributed by atoms with E-state index in [1.54, 1.807) is 0 Å². The first-order valence-electron chi connectivity index (χ1n) is 7.68. The predicted octanol–water partition coefficient (Wildman–Crippen LogP) is -0.287. The maximum Gasteiger partial charge on any atom is 1.00 e. The van der Waals surface area contributed by atoms with Gasteiger partial charge in [0, 0.05) is 0 Å². The van der Waals surface area contributed by atoms with E-state index < -0.39 is 17.7 Å². The van der Waals surface area contributed by atoms with Crippen LogP contribution in [0.4, 0.5) is 0 Å². The van der Waals surface area contributed by atoms with Crippen molar-refractivity contribution in [3.8, 4) is 0 Å². The van der Waals surface area contributed by atoms with Crippen molar-refractivity contribution in [3.63, 3.8) is 0 Å². The summed E-state index contributed by atoms with van der Waals surface area (Å²) in [5.74, 6) is 0. The van der Waals surface area contributed by atoms with Gasteiger partial charge in [-0.2, -0.15) is 0 Å². The second-order valence-electron chi connectivity index (χ2n) is 4.80. The zero-order valence-electron chi connectivity index (χ0n) is 14.8. The molecule has 0 aliphatic heterocycles. The molecule has 0 saturated heterocycles. The molecule has 0 fully saturated rings. The van der Waals surface area contributed by atoms with Crippen LogP contribution in [-0.2, 0) is 27.2 Å². The van der Waals surface area contributed by atoms with Crippen molar-refractivity contribution in [3.05, 3.63) is 0 Å². The molecule has 0 amide bonds. The topological polar surface area (TPSA) is 127 Å². The van der Waals surface area contributed by atoms with Crippen LogP contribution in [0.1, 0.15) is 71.1 Å². The Morgan fingerprint density at radius 1 is 0.920 bits per heavy atom. The summed E-state index contributed by atoms with van der Waals surface area (Å²) in [6, 6.07) is 0. The average molecular weight is 480 g/mol. The fourth-order valence-electron chi connectivity index (χ4n) is 1.75. The van der Waals surface area contributed by atoms with Gasteiger partial charge in [-0.15, -0.1) is 0 Å². The Morgan fingerprint density at radius 2 is 1.20 bits per heavy atom. The second kappa shape index (κ2) is 28.1.